The zero-order chi connectivity index (χ0) is 17.8. The van der Waals surface area contributed by atoms with E-state index in [4.69, 9.17) is 5.73 Å². The van der Waals surface area contributed by atoms with Crippen LogP contribution in [0.2, 0.25) is 0 Å². The molecule has 2 aromatic heterocycles. The van der Waals surface area contributed by atoms with Crippen LogP contribution in [0.4, 0.5) is 11.5 Å². The number of hydrogen-bond acceptors (Lipinski definition) is 5. The first-order valence-electron chi connectivity index (χ1n) is 8.33. The number of nitrogens with zero attached hydrogens (tertiary/aromatic N) is 2. The minimum Gasteiger partial charge on any atom is -0.398 e. The third-order valence-electron chi connectivity index (χ3n) is 4.14. The number of nitrogen functional groups attached to an aromatic ring is 1. The second-order valence-electron chi connectivity index (χ2n) is 5.91. The van der Waals surface area contributed by atoms with Crippen molar-refractivity contribution in [3.8, 4) is 21.7 Å². The molecule has 5 heteroatoms. The first-order chi connectivity index (χ1) is 12.8. The highest BCUT2D eigenvalue weighted by Crippen LogP contribution is 2.27. The summed E-state index contributed by atoms with van der Waals surface area (Å²) in [5, 5.41) is 6.35. The molecule has 0 unspecified atom stereocenters. The molecule has 0 aliphatic carbocycles. The molecule has 0 bridgehead atoms. The predicted octanol–water partition coefficient (Wildman–Crippen LogP) is 5.07. The van der Waals surface area contributed by atoms with Crippen LogP contribution in [0.15, 0.2) is 78.4 Å². The van der Waals surface area contributed by atoms with E-state index in [0.717, 1.165) is 33.2 Å². The first kappa shape index (κ1) is 16.3. The number of benzene rings is 2. The molecule has 3 N–H and O–H groups in total. The van der Waals surface area contributed by atoms with Gasteiger partial charge in [-0.2, -0.15) is 0 Å². The van der Waals surface area contributed by atoms with Crippen LogP contribution >= 0.6 is 11.3 Å². The normalized spacial score (nSPS) is 10.6. The molecule has 0 aliphatic rings. The minimum absolute atomic E-state index is 0.639. The summed E-state index contributed by atoms with van der Waals surface area (Å²) in [5.74, 6) is 0.855. The van der Waals surface area contributed by atoms with E-state index in [1.165, 1.54) is 5.56 Å². The Hall–Kier alpha value is -3.18. The molecule has 128 valence electrons. The van der Waals surface area contributed by atoms with E-state index in [9.17, 15) is 0 Å². The quantitative estimate of drug-likeness (QED) is 0.489. The molecule has 0 saturated heterocycles. The number of anilines is 2. The Kier molecular flexibility index (Phi) is 4.62. The fourth-order valence-electron chi connectivity index (χ4n) is 2.73. The van der Waals surface area contributed by atoms with Crippen LogP contribution in [-0.4, -0.2) is 9.97 Å². The zero-order valence-corrected chi connectivity index (χ0v) is 14.9. The molecule has 4 rings (SSSR count). The van der Waals surface area contributed by atoms with Crippen molar-refractivity contribution in [2.75, 3.05) is 11.1 Å². The van der Waals surface area contributed by atoms with Gasteiger partial charge in [0.25, 0.3) is 0 Å². The van der Waals surface area contributed by atoms with Crippen molar-refractivity contribution in [2.24, 2.45) is 0 Å². The lowest BCUT2D eigenvalue weighted by molar-refractivity contribution is 1.13. The van der Waals surface area contributed by atoms with Gasteiger partial charge in [-0.3, -0.25) is 4.98 Å². The van der Waals surface area contributed by atoms with Crippen molar-refractivity contribution < 1.29 is 0 Å². The summed E-state index contributed by atoms with van der Waals surface area (Å²) in [6.45, 7) is 0.639. The average molecular weight is 358 g/mol. The fourth-order valence-corrected chi connectivity index (χ4v) is 3.52. The molecule has 0 fully saturated rings. The maximum atomic E-state index is 6.25. The van der Waals surface area contributed by atoms with Crippen molar-refractivity contribution >= 4 is 22.8 Å². The van der Waals surface area contributed by atoms with Gasteiger partial charge in [0.15, 0.2) is 0 Å². The summed E-state index contributed by atoms with van der Waals surface area (Å²) in [6, 6.07) is 20.4. The largest absolute Gasteiger partial charge is 0.398 e. The number of nitrogens with two attached hydrogens (primary N) is 1. The van der Waals surface area contributed by atoms with Crippen LogP contribution in [0.3, 0.4) is 0 Å². The summed E-state index contributed by atoms with van der Waals surface area (Å²) in [4.78, 5) is 8.67. The van der Waals surface area contributed by atoms with Crippen LogP contribution in [-0.2, 0) is 6.54 Å². The SMILES string of the molecule is Nc1cc(-c2ccccc2)ccc1CNc1csc(-c2ccncc2)n1. The maximum absolute atomic E-state index is 6.25. The maximum Gasteiger partial charge on any atom is 0.138 e. The number of aromatic nitrogens is 2. The molecule has 0 amide bonds. The number of hydrogen-bond donors (Lipinski definition) is 2. The highest BCUT2D eigenvalue weighted by Gasteiger charge is 2.06. The van der Waals surface area contributed by atoms with E-state index in [0.29, 0.717) is 6.54 Å². The zero-order valence-electron chi connectivity index (χ0n) is 14.1. The van der Waals surface area contributed by atoms with Gasteiger partial charge >= 0.3 is 0 Å². The van der Waals surface area contributed by atoms with Crippen molar-refractivity contribution in [1.82, 2.24) is 9.97 Å². The molecular weight excluding hydrogens is 340 g/mol. The topological polar surface area (TPSA) is 63.8 Å². The first-order valence-corrected chi connectivity index (χ1v) is 9.21. The van der Waals surface area contributed by atoms with E-state index < -0.39 is 0 Å². The average Bonchev–Trinajstić information content (AvgIpc) is 3.17. The van der Waals surface area contributed by atoms with Crippen molar-refractivity contribution in [3.05, 3.63) is 84.0 Å². The van der Waals surface area contributed by atoms with Gasteiger partial charge in [0, 0.05) is 35.6 Å². The second-order valence-corrected chi connectivity index (χ2v) is 6.77. The van der Waals surface area contributed by atoms with E-state index in [1.807, 2.05) is 41.8 Å². The van der Waals surface area contributed by atoms with E-state index in [1.54, 1.807) is 23.7 Å². The third-order valence-corrected chi connectivity index (χ3v) is 5.04. The molecular formula is C21H18N4S. The lowest BCUT2D eigenvalue weighted by Crippen LogP contribution is -2.03. The fraction of sp³-hybridized carbons (Fsp3) is 0.0476. The summed E-state index contributed by atoms with van der Waals surface area (Å²) < 4.78 is 0. The van der Waals surface area contributed by atoms with Gasteiger partial charge in [-0.05, 0) is 34.9 Å². The highest BCUT2D eigenvalue weighted by atomic mass is 32.1. The van der Waals surface area contributed by atoms with Gasteiger partial charge < -0.3 is 11.1 Å². The predicted molar refractivity (Wildman–Crippen MR) is 109 cm³/mol. The molecule has 0 radical (unpaired) electrons. The Morgan fingerprint density at radius 3 is 2.46 bits per heavy atom. The monoisotopic (exact) mass is 358 g/mol. The number of nitrogens with one attached hydrogen (secondary N) is 1. The number of thiazole rings is 1. The standard InChI is InChI=1S/C21H18N4S/c22-19-12-17(15-4-2-1-3-5-15)6-7-18(19)13-24-20-14-26-21(25-20)16-8-10-23-11-9-16/h1-12,14,24H,13,22H2. The molecule has 2 heterocycles. The minimum atomic E-state index is 0.639. The Morgan fingerprint density at radius 1 is 0.885 bits per heavy atom. The summed E-state index contributed by atoms with van der Waals surface area (Å²) >= 11 is 1.61. The van der Waals surface area contributed by atoms with Crippen molar-refractivity contribution in [2.45, 2.75) is 6.54 Å². The van der Waals surface area contributed by atoms with Gasteiger partial charge in [-0.25, -0.2) is 4.98 Å². The summed E-state index contributed by atoms with van der Waals surface area (Å²) in [6.07, 6.45) is 3.55. The summed E-state index contributed by atoms with van der Waals surface area (Å²) in [7, 11) is 0. The Morgan fingerprint density at radius 2 is 1.69 bits per heavy atom. The second kappa shape index (κ2) is 7.37. The van der Waals surface area contributed by atoms with Crippen LogP contribution in [0.25, 0.3) is 21.7 Å². The Bertz CT molecular complexity index is 997. The van der Waals surface area contributed by atoms with Crippen LogP contribution < -0.4 is 11.1 Å². The molecule has 0 spiro atoms. The van der Waals surface area contributed by atoms with Crippen molar-refractivity contribution in [3.63, 3.8) is 0 Å². The molecule has 0 saturated carbocycles. The van der Waals surface area contributed by atoms with Crippen molar-refractivity contribution in [1.29, 1.82) is 0 Å². The number of rotatable bonds is 5. The van der Waals surface area contributed by atoms with E-state index in [-0.39, 0.29) is 0 Å². The Labute approximate surface area is 156 Å². The van der Waals surface area contributed by atoms with Crippen LogP contribution in [0, 0.1) is 0 Å². The van der Waals surface area contributed by atoms with E-state index in [2.05, 4.69) is 39.6 Å². The van der Waals surface area contributed by atoms with E-state index >= 15 is 0 Å². The molecule has 4 aromatic rings. The van der Waals surface area contributed by atoms with Gasteiger partial charge in [-0.1, -0.05) is 42.5 Å². The summed E-state index contributed by atoms with van der Waals surface area (Å²) in [5.41, 5.74) is 11.5. The van der Waals surface area contributed by atoms with Gasteiger partial charge in [0.05, 0.1) is 0 Å². The number of pyridine rings is 1. The highest BCUT2D eigenvalue weighted by molar-refractivity contribution is 7.13. The molecule has 2 aromatic carbocycles. The van der Waals surface area contributed by atoms with Gasteiger partial charge in [0.2, 0.25) is 0 Å². The molecule has 4 nitrogen and oxygen atoms in total. The Balaban J connectivity index is 1.46. The molecule has 0 aliphatic heterocycles. The van der Waals surface area contributed by atoms with Gasteiger partial charge in [0.1, 0.15) is 10.8 Å². The van der Waals surface area contributed by atoms with Gasteiger partial charge in [-0.15, -0.1) is 11.3 Å². The lowest BCUT2D eigenvalue weighted by Gasteiger charge is -2.09. The van der Waals surface area contributed by atoms with Crippen LogP contribution in [0.1, 0.15) is 5.56 Å². The molecule has 0 atom stereocenters. The lowest BCUT2D eigenvalue weighted by atomic mass is 10.0. The van der Waals surface area contributed by atoms with Crippen LogP contribution in [0.5, 0.6) is 0 Å². The third kappa shape index (κ3) is 3.58. The smallest absolute Gasteiger partial charge is 0.138 e. The molecule has 26 heavy (non-hydrogen) atoms.